The summed E-state index contributed by atoms with van der Waals surface area (Å²) in [6.07, 6.45) is 1.35. The van der Waals surface area contributed by atoms with Gasteiger partial charge in [0.1, 0.15) is 17.3 Å². The topological polar surface area (TPSA) is 68.1 Å². The van der Waals surface area contributed by atoms with Gasteiger partial charge in [0.25, 0.3) is 0 Å². The van der Waals surface area contributed by atoms with E-state index >= 15 is 0 Å². The fraction of sp³-hybridized carbons (Fsp3) is 0.364. The number of methoxy groups -OCH3 is 1. The molecule has 1 unspecified atom stereocenters. The number of nitrogens with zero attached hydrogens (tertiary/aromatic N) is 3. The first kappa shape index (κ1) is 21.0. The number of hydrogen-bond acceptors (Lipinski definition) is 5. The number of ether oxygens (including phenoxy) is 2. The van der Waals surface area contributed by atoms with E-state index in [1.165, 1.54) is 19.2 Å². The lowest BCUT2D eigenvalue weighted by Gasteiger charge is -2.32. The van der Waals surface area contributed by atoms with Crippen LogP contribution in [0.1, 0.15) is 11.3 Å². The molecule has 31 heavy (non-hydrogen) atoms. The monoisotopic (exact) mass is 430 g/mol. The van der Waals surface area contributed by atoms with E-state index in [1.807, 2.05) is 29.7 Å². The van der Waals surface area contributed by atoms with Crippen LogP contribution in [0.25, 0.3) is 16.9 Å². The molecule has 1 aliphatic heterocycles. The number of imidazole rings is 1. The third kappa shape index (κ3) is 4.05. The highest BCUT2D eigenvalue weighted by molar-refractivity contribution is 5.70. The summed E-state index contributed by atoms with van der Waals surface area (Å²) < 4.78 is 42.3. The van der Waals surface area contributed by atoms with Gasteiger partial charge >= 0.3 is 6.09 Å². The highest BCUT2D eigenvalue weighted by Crippen LogP contribution is 2.33. The third-order valence-corrected chi connectivity index (χ3v) is 5.44. The van der Waals surface area contributed by atoms with Gasteiger partial charge in [0.2, 0.25) is 0 Å². The zero-order chi connectivity index (χ0) is 22.1. The molecule has 0 aliphatic carbocycles. The Hall–Kier alpha value is -3.20. The number of aromatic nitrogens is 2. The first-order valence-electron chi connectivity index (χ1n) is 10.0. The van der Waals surface area contributed by atoms with Crippen molar-refractivity contribution in [1.82, 2.24) is 14.3 Å². The number of aryl methyl sites for hydroxylation is 1. The molecule has 1 saturated heterocycles. The van der Waals surface area contributed by atoms with Crippen LogP contribution in [0.4, 0.5) is 19.3 Å². The van der Waals surface area contributed by atoms with Gasteiger partial charge in [0.15, 0.2) is 0 Å². The van der Waals surface area contributed by atoms with Gasteiger partial charge in [-0.2, -0.15) is 0 Å². The van der Waals surface area contributed by atoms with Gasteiger partial charge in [-0.3, -0.25) is 0 Å². The summed E-state index contributed by atoms with van der Waals surface area (Å²) in [6, 6.07) is 6.25. The lowest BCUT2D eigenvalue weighted by molar-refractivity contribution is -0.0241. The Morgan fingerprint density at radius 1 is 1.32 bits per heavy atom. The molecule has 9 heteroatoms. The number of amides is 1. The number of fused-ring (bicyclic) bond motifs is 1. The van der Waals surface area contributed by atoms with Crippen LogP contribution in [0.2, 0.25) is 0 Å². The van der Waals surface area contributed by atoms with Crippen molar-refractivity contribution < 1.29 is 23.0 Å². The molecular formula is C22H24F2N4O3. The zero-order valence-electron chi connectivity index (χ0n) is 17.6. The van der Waals surface area contributed by atoms with Gasteiger partial charge < -0.3 is 24.1 Å². The molecule has 0 bridgehead atoms. The Kier molecular flexibility index (Phi) is 5.77. The van der Waals surface area contributed by atoms with Crippen LogP contribution in [0.15, 0.2) is 30.5 Å². The number of carbonyl (C=O) groups excluding carboxylic acids is 1. The summed E-state index contributed by atoms with van der Waals surface area (Å²) in [7, 11) is 2.93. The molecule has 0 saturated carbocycles. The number of carbonyl (C=O) groups is 1. The molecule has 1 N–H and O–H groups in total. The number of rotatable bonds is 4. The smallest absolute Gasteiger partial charge is 0.409 e. The van der Waals surface area contributed by atoms with E-state index in [1.54, 1.807) is 11.9 Å². The molecule has 164 valence electrons. The fourth-order valence-corrected chi connectivity index (χ4v) is 3.89. The standard InChI is InChI=1S/C22H24F2N4O3/c1-13-4-5-28-18(11-15-12-27(6-7-31-15)22(29)30-3)21(26-19(28)8-13)20-16(23)9-14(25-2)10-17(20)24/h4-5,8-10,15,25H,6-7,11-12H2,1-3H3. The molecule has 2 aromatic heterocycles. The van der Waals surface area contributed by atoms with E-state index in [4.69, 9.17) is 9.47 Å². The maximum Gasteiger partial charge on any atom is 0.409 e. The summed E-state index contributed by atoms with van der Waals surface area (Å²) in [5.74, 6) is -1.40. The van der Waals surface area contributed by atoms with Crippen molar-refractivity contribution in [3.05, 3.63) is 53.4 Å². The fourth-order valence-electron chi connectivity index (χ4n) is 3.89. The molecule has 1 amide bonds. The maximum atomic E-state index is 14.9. The van der Waals surface area contributed by atoms with E-state index in [-0.39, 0.29) is 17.4 Å². The van der Waals surface area contributed by atoms with Gasteiger partial charge in [-0.25, -0.2) is 18.6 Å². The maximum absolute atomic E-state index is 14.9. The third-order valence-electron chi connectivity index (χ3n) is 5.44. The Balaban J connectivity index is 1.79. The Morgan fingerprint density at radius 3 is 2.74 bits per heavy atom. The molecule has 1 aromatic carbocycles. The molecule has 1 atom stereocenters. The van der Waals surface area contributed by atoms with Gasteiger partial charge in [0, 0.05) is 31.9 Å². The van der Waals surface area contributed by atoms with E-state index in [0.717, 1.165) is 5.56 Å². The van der Waals surface area contributed by atoms with Gasteiger partial charge in [-0.05, 0) is 36.8 Å². The van der Waals surface area contributed by atoms with E-state index in [9.17, 15) is 13.6 Å². The van der Waals surface area contributed by atoms with Crippen LogP contribution >= 0.6 is 0 Å². The summed E-state index contributed by atoms with van der Waals surface area (Å²) in [4.78, 5) is 18.0. The second kappa shape index (κ2) is 8.50. The summed E-state index contributed by atoms with van der Waals surface area (Å²) >= 11 is 0. The Morgan fingerprint density at radius 2 is 2.06 bits per heavy atom. The van der Waals surface area contributed by atoms with Crippen LogP contribution in [0.3, 0.4) is 0 Å². The predicted molar refractivity (Wildman–Crippen MR) is 112 cm³/mol. The van der Waals surface area contributed by atoms with E-state index < -0.39 is 17.7 Å². The lowest BCUT2D eigenvalue weighted by Crippen LogP contribution is -2.46. The molecule has 4 rings (SSSR count). The van der Waals surface area contributed by atoms with Crippen molar-refractivity contribution >= 4 is 17.4 Å². The van der Waals surface area contributed by atoms with Crippen LogP contribution in [0.5, 0.6) is 0 Å². The minimum absolute atomic E-state index is 0.184. The molecule has 1 aliphatic rings. The molecule has 0 radical (unpaired) electrons. The van der Waals surface area contributed by atoms with Crippen molar-refractivity contribution in [2.24, 2.45) is 0 Å². The summed E-state index contributed by atoms with van der Waals surface area (Å²) in [5, 5.41) is 2.75. The van der Waals surface area contributed by atoms with Gasteiger partial charge in [-0.1, -0.05) is 0 Å². The van der Waals surface area contributed by atoms with Crippen molar-refractivity contribution in [1.29, 1.82) is 0 Å². The number of anilines is 1. The van der Waals surface area contributed by atoms with E-state index in [2.05, 4.69) is 10.3 Å². The Bertz CT molecular complexity index is 1110. The predicted octanol–water partition coefficient (Wildman–Crippen LogP) is 3.64. The first-order valence-corrected chi connectivity index (χ1v) is 10.0. The number of nitrogens with one attached hydrogen (secondary N) is 1. The number of halogens is 2. The molecule has 0 spiro atoms. The number of hydrogen-bond donors (Lipinski definition) is 1. The second-order valence-corrected chi connectivity index (χ2v) is 7.52. The summed E-state index contributed by atoms with van der Waals surface area (Å²) in [5.41, 5.74) is 2.55. The number of morpholine rings is 1. The highest BCUT2D eigenvalue weighted by atomic mass is 19.1. The zero-order valence-corrected chi connectivity index (χ0v) is 17.6. The molecule has 1 fully saturated rings. The van der Waals surface area contributed by atoms with Gasteiger partial charge in [-0.15, -0.1) is 0 Å². The quantitative estimate of drug-likeness (QED) is 0.685. The lowest BCUT2D eigenvalue weighted by atomic mass is 10.0. The highest BCUT2D eigenvalue weighted by Gasteiger charge is 2.29. The van der Waals surface area contributed by atoms with Crippen molar-refractivity contribution in [3.8, 4) is 11.3 Å². The van der Waals surface area contributed by atoms with Gasteiger partial charge in [0.05, 0.1) is 43.3 Å². The average Bonchev–Trinajstić information content (AvgIpc) is 3.09. The normalized spacial score (nSPS) is 16.5. The van der Waals surface area contributed by atoms with Crippen molar-refractivity contribution in [2.45, 2.75) is 19.4 Å². The minimum Gasteiger partial charge on any atom is -0.453 e. The first-order chi connectivity index (χ1) is 14.9. The largest absolute Gasteiger partial charge is 0.453 e. The minimum atomic E-state index is -0.702. The number of benzene rings is 1. The van der Waals surface area contributed by atoms with Crippen molar-refractivity contribution in [2.75, 3.05) is 39.2 Å². The second-order valence-electron chi connectivity index (χ2n) is 7.52. The number of pyridine rings is 1. The van der Waals surface area contributed by atoms with Crippen LogP contribution in [-0.4, -0.2) is 60.3 Å². The van der Waals surface area contributed by atoms with Crippen LogP contribution in [0, 0.1) is 18.6 Å². The average molecular weight is 430 g/mol. The molecule has 3 aromatic rings. The van der Waals surface area contributed by atoms with Crippen molar-refractivity contribution in [3.63, 3.8) is 0 Å². The molecule has 7 nitrogen and oxygen atoms in total. The molecular weight excluding hydrogens is 406 g/mol. The SMILES string of the molecule is CNc1cc(F)c(-c2nc3cc(C)ccn3c2CC2CN(C(=O)OC)CCO2)c(F)c1. The summed E-state index contributed by atoms with van der Waals surface area (Å²) in [6.45, 7) is 3.02. The van der Waals surface area contributed by atoms with Crippen LogP contribution < -0.4 is 5.32 Å². The Labute approximate surface area is 178 Å². The molecule has 3 heterocycles. The van der Waals surface area contributed by atoms with Crippen LogP contribution in [-0.2, 0) is 15.9 Å². The van der Waals surface area contributed by atoms with E-state index in [0.29, 0.717) is 43.1 Å².